The van der Waals surface area contributed by atoms with Gasteiger partial charge in [-0.25, -0.2) is 8.42 Å². The van der Waals surface area contributed by atoms with Crippen molar-refractivity contribution in [3.05, 3.63) is 52.3 Å². The quantitative estimate of drug-likeness (QED) is 0.645. The van der Waals surface area contributed by atoms with Crippen LogP contribution in [0.15, 0.2) is 46.8 Å². The molecule has 4 rings (SSSR count). The van der Waals surface area contributed by atoms with Crippen molar-refractivity contribution >= 4 is 38.2 Å². The SMILES string of the molecule is O=C(NCCc1c[nH]c2ccccc12)c1sccc1S(=O)(=O)N1CCCCC1. The van der Waals surface area contributed by atoms with Gasteiger partial charge in [0.2, 0.25) is 10.0 Å². The lowest BCUT2D eigenvalue weighted by Gasteiger charge is -2.25. The summed E-state index contributed by atoms with van der Waals surface area (Å²) >= 11 is 1.17. The molecule has 0 saturated carbocycles. The van der Waals surface area contributed by atoms with Gasteiger partial charge < -0.3 is 10.3 Å². The molecule has 0 unspecified atom stereocenters. The normalized spacial score (nSPS) is 15.7. The van der Waals surface area contributed by atoms with Crippen molar-refractivity contribution in [1.29, 1.82) is 0 Å². The van der Waals surface area contributed by atoms with E-state index in [1.807, 2.05) is 30.5 Å². The first-order chi connectivity index (χ1) is 13.6. The summed E-state index contributed by atoms with van der Waals surface area (Å²) in [5.41, 5.74) is 2.19. The average Bonchev–Trinajstić information content (AvgIpc) is 3.37. The number of carbonyl (C=O) groups is 1. The third kappa shape index (κ3) is 3.72. The summed E-state index contributed by atoms with van der Waals surface area (Å²) < 4.78 is 27.4. The number of amides is 1. The Bertz CT molecular complexity index is 1080. The molecule has 1 amide bonds. The number of aromatic nitrogens is 1. The van der Waals surface area contributed by atoms with E-state index < -0.39 is 10.0 Å². The number of sulfonamides is 1. The van der Waals surface area contributed by atoms with Crippen LogP contribution in [-0.4, -0.2) is 43.2 Å². The first-order valence-corrected chi connectivity index (χ1v) is 11.8. The van der Waals surface area contributed by atoms with E-state index in [9.17, 15) is 13.2 Å². The molecule has 2 N–H and O–H groups in total. The summed E-state index contributed by atoms with van der Waals surface area (Å²) in [5.74, 6) is -0.328. The predicted molar refractivity (Wildman–Crippen MR) is 111 cm³/mol. The summed E-state index contributed by atoms with van der Waals surface area (Å²) in [7, 11) is -3.61. The molecule has 0 radical (unpaired) electrons. The lowest BCUT2D eigenvalue weighted by atomic mass is 10.1. The number of piperidine rings is 1. The van der Waals surface area contributed by atoms with Crippen LogP contribution in [-0.2, 0) is 16.4 Å². The molecule has 1 fully saturated rings. The van der Waals surface area contributed by atoms with Gasteiger partial charge >= 0.3 is 0 Å². The third-order valence-electron chi connectivity index (χ3n) is 5.12. The average molecular weight is 418 g/mol. The molecule has 1 aliphatic heterocycles. The largest absolute Gasteiger partial charge is 0.361 e. The molecule has 1 aliphatic rings. The second kappa shape index (κ2) is 8.06. The molecule has 2 aromatic heterocycles. The standard InChI is InChI=1S/C20H23N3O3S2/c24-20(21-10-8-15-14-22-17-7-3-2-6-16(15)17)19-18(9-13-27-19)28(25,26)23-11-4-1-5-12-23/h2-3,6-7,9,13-14,22H,1,4-5,8,10-12H2,(H,21,24). The highest BCUT2D eigenvalue weighted by atomic mass is 32.2. The maximum absolute atomic E-state index is 12.9. The first kappa shape index (κ1) is 19.2. The van der Waals surface area contributed by atoms with E-state index in [1.54, 1.807) is 11.4 Å². The van der Waals surface area contributed by atoms with Gasteiger partial charge in [-0.3, -0.25) is 4.79 Å². The summed E-state index contributed by atoms with van der Waals surface area (Å²) in [6, 6.07) is 9.57. The van der Waals surface area contributed by atoms with Crippen LogP contribution in [0.1, 0.15) is 34.5 Å². The molecule has 1 saturated heterocycles. The molecule has 28 heavy (non-hydrogen) atoms. The number of H-pyrrole nitrogens is 1. The lowest BCUT2D eigenvalue weighted by Crippen LogP contribution is -2.36. The van der Waals surface area contributed by atoms with E-state index in [0.29, 0.717) is 26.1 Å². The monoisotopic (exact) mass is 417 g/mol. The summed E-state index contributed by atoms with van der Waals surface area (Å²) in [6.07, 6.45) is 5.42. The number of carbonyl (C=O) groups excluding carboxylic acids is 1. The maximum atomic E-state index is 12.9. The van der Waals surface area contributed by atoms with Crippen molar-refractivity contribution in [2.24, 2.45) is 0 Å². The van der Waals surface area contributed by atoms with Crippen molar-refractivity contribution in [1.82, 2.24) is 14.6 Å². The van der Waals surface area contributed by atoms with Gasteiger partial charge in [-0.15, -0.1) is 11.3 Å². The number of benzene rings is 1. The fourth-order valence-corrected chi connectivity index (χ4v) is 6.47. The molecule has 148 valence electrons. The number of aromatic amines is 1. The molecule has 6 nitrogen and oxygen atoms in total. The number of fused-ring (bicyclic) bond motifs is 1. The molecule has 0 atom stereocenters. The number of hydrogen-bond acceptors (Lipinski definition) is 4. The summed E-state index contributed by atoms with van der Waals surface area (Å²) in [6.45, 7) is 1.50. The Morgan fingerprint density at radius 3 is 2.75 bits per heavy atom. The number of para-hydroxylation sites is 1. The fourth-order valence-electron chi connectivity index (χ4n) is 3.64. The van der Waals surface area contributed by atoms with Crippen molar-refractivity contribution in [2.45, 2.75) is 30.6 Å². The van der Waals surface area contributed by atoms with E-state index >= 15 is 0 Å². The topological polar surface area (TPSA) is 82.3 Å². The number of nitrogens with zero attached hydrogens (tertiary/aromatic N) is 1. The number of hydrogen-bond donors (Lipinski definition) is 2. The van der Waals surface area contributed by atoms with Gasteiger partial charge in [-0.05, 0) is 42.3 Å². The molecule has 1 aromatic carbocycles. The van der Waals surface area contributed by atoms with E-state index in [-0.39, 0.29) is 15.7 Å². The van der Waals surface area contributed by atoms with Crippen molar-refractivity contribution in [3.8, 4) is 0 Å². The first-order valence-electron chi connectivity index (χ1n) is 9.48. The number of rotatable bonds is 6. The second-order valence-electron chi connectivity index (χ2n) is 6.94. The van der Waals surface area contributed by atoms with Crippen LogP contribution >= 0.6 is 11.3 Å². The van der Waals surface area contributed by atoms with Crippen LogP contribution in [0.2, 0.25) is 0 Å². The smallest absolute Gasteiger partial charge is 0.262 e. The van der Waals surface area contributed by atoms with Crippen LogP contribution in [0.3, 0.4) is 0 Å². The molecule has 3 aromatic rings. The maximum Gasteiger partial charge on any atom is 0.262 e. The second-order valence-corrected chi connectivity index (χ2v) is 9.77. The zero-order chi connectivity index (χ0) is 19.6. The van der Waals surface area contributed by atoms with E-state index in [1.165, 1.54) is 15.6 Å². The molecule has 0 aliphatic carbocycles. The minimum absolute atomic E-state index is 0.129. The van der Waals surface area contributed by atoms with Crippen LogP contribution in [0.25, 0.3) is 10.9 Å². The molecule has 0 spiro atoms. The van der Waals surface area contributed by atoms with E-state index in [0.717, 1.165) is 35.7 Å². The van der Waals surface area contributed by atoms with Crippen molar-refractivity contribution < 1.29 is 13.2 Å². The van der Waals surface area contributed by atoms with Gasteiger partial charge in [-0.1, -0.05) is 24.6 Å². The Kier molecular flexibility index (Phi) is 5.52. The van der Waals surface area contributed by atoms with Gasteiger partial charge in [0.25, 0.3) is 5.91 Å². The van der Waals surface area contributed by atoms with E-state index in [4.69, 9.17) is 0 Å². The van der Waals surface area contributed by atoms with E-state index in [2.05, 4.69) is 10.3 Å². The third-order valence-corrected chi connectivity index (χ3v) is 8.11. The zero-order valence-corrected chi connectivity index (χ0v) is 17.1. The van der Waals surface area contributed by atoms with Gasteiger partial charge in [0, 0.05) is 36.7 Å². The molecular formula is C20H23N3O3S2. The number of nitrogens with one attached hydrogen (secondary N) is 2. The minimum atomic E-state index is -3.61. The summed E-state index contributed by atoms with van der Waals surface area (Å²) in [4.78, 5) is 16.3. The Balaban J connectivity index is 1.44. The highest BCUT2D eigenvalue weighted by molar-refractivity contribution is 7.89. The predicted octanol–water partition coefficient (Wildman–Crippen LogP) is 3.38. The van der Waals surface area contributed by atoms with Crippen LogP contribution in [0, 0.1) is 0 Å². The van der Waals surface area contributed by atoms with Crippen LogP contribution in [0.4, 0.5) is 0 Å². The Labute approximate surface area is 168 Å². The molecule has 3 heterocycles. The van der Waals surface area contributed by atoms with Crippen LogP contribution < -0.4 is 5.32 Å². The van der Waals surface area contributed by atoms with Crippen molar-refractivity contribution in [2.75, 3.05) is 19.6 Å². The number of thiophene rings is 1. The minimum Gasteiger partial charge on any atom is -0.361 e. The Morgan fingerprint density at radius 2 is 1.93 bits per heavy atom. The van der Waals surface area contributed by atoms with Gasteiger partial charge in [0.1, 0.15) is 9.77 Å². The molecule has 0 bridgehead atoms. The zero-order valence-electron chi connectivity index (χ0n) is 15.5. The highest BCUT2D eigenvalue weighted by Crippen LogP contribution is 2.27. The summed E-state index contributed by atoms with van der Waals surface area (Å²) in [5, 5.41) is 5.69. The fraction of sp³-hybridized carbons (Fsp3) is 0.350. The lowest BCUT2D eigenvalue weighted by molar-refractivity contribution is 0.0955. The van der Waals surface area contributed by atoms with Gasteiger partial charge in [0.15, 0.2) is 0 Å². The highest BCUT2D eigenvalue weighted by Gasteiger charge is 2.30. The Hall–Kier alpha value is -2.16. The van der Waals surface area contributed by atoms with Gasteiger partial charge in [0.05, 0.1) is 0 Å². The van der Waals surface area contributed by atoms with Gasteiger partial charge in [-0.2, -0.15) is 4.31 Å². The van der Waals surface area contributed by atoms with Crippen LogP contribution in [0.5, 0.6) is 0 Å². The molecule has 8 heteroatoms. The Morgan fingerprint density at radius 1 is 1.14 bits per heavy atom. The molecular weight excluding hydrogens is 394 g/mol. The van der Waals surface area contributed by atoms with Crippen molar-refractivity contribution in [3.63, 3.8) is 0 Å².